The SMILES string of the molecule is COc1ccc(-[n+]2[nH]oc(=O)c2C(=O)CSc2nc(-c3ccccc3)cc(C(F)(F)F)c2C#N)cc1. The van der Waals surface area contributed by atoms with E-state index < -0.39 is 34.5 Å². The minimum Gasteiger partial charge on any atom is -0.497 e. The van der Waals surface area contributed by atoms with Crippen molar-refractivity contribution >= 4 is 17.5 Å². The van der Waals surface area contributed by atoms with Gasteiger partial charge in [0.15, 0.2) is 0 Å². The van der Waals surface area contributed by atoms with Crippen molar-refractivity contribution < 1.29 is 31.9 Å². The quantitative estimate of drug-likeness (QED) is 0.224. The second-order valence-corrected chi connectivity index (χ2v) is 8.25. The lowest BCUT2D eigenvalue weighted by atomic mass is 10.1. The summed E-state index contributed by atoms with van der Waals surface area (Å²) in [5.41, 5.74) is -2.42. The molecule has 0 saturated carbocycles. The highest BCUT2D eigenvalue weighted by Crippen LogP contribution is 2.38. The van der Waals surface area contributed by atoms with Gasteiger partial charge in [-0.3, -0.25) is 9.32 Å². The molecule has 0 radical (unpaired) electrons. The number of aromatic nitrogens is 3. The summed E-state index contributed by atoms with van der Waals surface area (Å²) in [4.78, 5) is 29.4. The molecule has 0 amide bonds. The number of hydrogen-bond donors (Lipinski definition) is 1. The number of thioether (sulfide) groups is 1. The standard InChI is InChI=1S/C24H15F3N4O4S/c1-34-16-9-7-15(8-10-16)31-21(23(33)35-30-31)20(32)13-36-22-17(12-28)18(24(25,26)27)11-19(29-22)14-5-3-2-4-6-14/h2-11H,13H2,1H3/p+1. The van der Waals surface area contributed by atoms with Crippen LogP contribution in [0.2, 0.25) is 0 Å². The lowest BCUT2D eigenvalue weighted by molar-refractivity contribution is -0.672. The number of carbonyl (C=O) groups excluding carboxylic acids is 1. The third-order valence-corrected chi connectivity index (χ3v) is 6.03. The summed E-state index contributed by atoms with van der Waals surface area (Å²) in [5, 5.41) is 11.5. The summed E-state index contributed by atoms with van der Waals surface area (Å²) < 4.78 is 52.2. The van der Waals surface area contributed by atoms with Gasteiger partial charge in [-0.15, -0.1) is 0 Å². The first kappa shape index (κ1) is 24.7. The molecule has 4 aromatic rings. The molecule has 12 heteroatoms. The van der Waals surface area contributed by atoms with Crippen LogP contribution < -0.4 is 15.0 Å². The van der Waals surface area contributed by atoms with Crippen LogP contribution in [0.25, 0.3) is 16.9 Å². The molecule has 8 nitrogen and oxygen atoms in total. The van der Waals surface area contributed by atoms with E-state index in [2.05, 4.69) is 10.3 Å². The zero-order valence-corrected chi connectivity index (χ0v) is 19.3. The number of benzene rings is 2. The first-order valence-corrected chi connectivity index (χ1v) is 11.2. The number of rotatable bonds is 7. The van der Waals surface area contributed by atoms with E-state index in [9.17, 15) is 28.0 Å². The molecule has 2 aromatic carbocycles. The Labute approximate surface area is 205 Å². The number of ketones is 1. The number of nitrogens with one attached hydrogen (secondary N) is 1. The molecule has 0 saturated heterocycles. The van der Waals surface area contributed by atoms with Crippen molar-refractivity contribution in [2.45, 2.75) is 11.2 Å². The van der Waals surface area contributed by atoms with E-state index in [0.717, 1.165) is 10.7 Å². The van der Waals surface area contributed by atoms with Crippen LogP contribution >= 0.6 is 11.8 Å². The molecule has 1 N–H and O–H groups in total. The summed E-state index contributed by atoms with van der Waals surface area (Å²) in [5.74, 6) is -0.673. The Morgan fingerprint density at radius 1 is 1.19 bits per heavy atom. The Morgan fingerprint density at radius 3 is 2.50 bits per heavy atom. The maximum atomic E-state index is 13.8. The van der Waals surface area contributed by atoms with Crippen molar-refractivity contribution in [3.63, 3.8) is 0 Å². The molecule has 0 spiro atoms. The second kappa shape index (κ2) is 10.1. The predicted octanol–water partition coefficient (Wildman–Crippen LogP) is 4.18. The molecule has 0 bridgehead atoms. The number of pyridine rings is 1. The molecule has 0 aliphatic heterocycles. The third-order valence-electron chi connectivity index (χ3n) is 5.05. The number of Topliss-reactive ketones (excluding diaryl/α,β-unsaturated/α-hetero) is 1. The minimum atomic E-state index is -4.82. The highest BCUT2D eigenvalue weighted by Gasteiger charge is 2.37. The highest BCUT2D eigenvalue weighted by atomic mass is 32.2. The Balaban J connectivity index is 1.69. The highest BCUT2D eigenvalue weighted by molar-refractivity contribution is 8.00. The summed E-state index contributed by atoms with van der Waals surface area (Å²) in [6.07, 6.45) is -4.82. The lowest BCUT2D eigenvalue weighted by Crippen LogP contribution is -2.41. The maximum Gasteiger partial charge on any atom is 0.438 e. The molecular formula is C24H16F3N4O4S+. The summed E-state index contributed by atoms with van der Waals surface area (Å²) in [6, 6.07) is 16.8. The number of H-pyrrole nitrogens is 1. The van der Waals surface area contributed by atoms with E-state index in [1.807, 2.05) is 0 Å². The maximum absolute atomic E-state index is 13.8. The van der Waals surface area contributed by atoms with Gasteiger partial charge in [0.05, 0.1) is 29.7 Å². The summed E-state index contributed by atoms with van der Waals surface area (Å²) in [7, 11) is 1.48. The van der Waals surface area contributed by atoms with E-state index in [-0.39, 0.29) is 16.4 Å². The van der Waals surface area contributed by atoms with Crippen LogP contribution in [0.15, 0.2) is 75.0 Å². The van der Waals surface area contributed by atoms with Gasteiger partial charge in [0.2, 0.25) is 11.5 Å². The van der Waals surface area contributed by atoms with Crippen LogP contribution in [0, 0.1) is 11.3 Å². The van der Waals surface area contributed by atoms with Crippen molar-refractivity contribution in [1.29, 1.82) is 5.26 Å². The largest absolute Gasteiger partial charge is 0.497 e. The van der Waals surface area contributed by atoms with E-state index in [1.165, 1.54) is 7.11 Å². The summed E-state index contributed by atoms with van der Waals surface area (Å²) >= 11 is 0.625. The van der Waals surface area contributed by atoms with Gasteiger partial charge in [0.1, 0.15) is 16.8 Å². The molecule has 182 valence electrons. The van der Waals surface area contributed by atoms with Gasteiger partial charge in [-0.1, -0.05) is 42.1 Å². The average Bonchev–Trinajstić information content (AvgIpc) is 3.28. The average molecular weight is 513 g/mol. The number of halogens is 3. The fourth-order valence-electron chi connectivity index (χ4n) is 3.34. The molecule has 0 aliphatic rings. The van der Waals surface area contributed by atoms with E-state index in [1.54, 1.807) is 60.7 Å². The number of hydrogen-bond acceptors (Lipinski definition) is 7. The van der Waals surface area contributed by atoms with Crippen molar-refractivity contribution in [2.24, 2.45) is 0 Å². The zero-order valence-electron chi connectivity index (χ0n) is 18.5. The normalized spacial score (nSPS) is 11.2. The molecule has 0 atom stereocenters. The lowest BCUT2D eigenvalue weighted by Gasteiger charge is -2.14. The van der Waals surface area contributed by atoms with E-state index in [4.69, 9.17) is 9.26 Å². The second-order valence-electron chi connectivity index (χ2n) is 7.29. The van der Waals surface area contributed by atoms with Crippen LogP contribution in [0.1, 0.15) is 21.6 Å². The molecule has 0 aliphatic carbocycles. The molecule has 0 unspecified atom stereocenters. The number of aromatic amines is 1. The van der Waals surface area contributed by atoms with Gasteiger partial charge in [-0.2, -0.15) is 18.4 Å². The minimum absolute atomic E-state index is 0.00803. The monoisotopic (exact) mass is 513 g/mol. The van der Waals surface area contributed by atoms with Gasteiger partial charge in [0.25, 0.3) is 0 Å². The number of ether oxygens (including phenoxy) is 1. The topological polar surface area (TPSA) is 113 Å². The third kappa shape index (κ3) is 5.01. The number of nitrogens with zero attached hydrogens (tertiary/aromatic N) is 3. The van der Waals surface area contributed by atoms with Gasteiger partial charge in [-0.25, -0.2) is 9.78 Å². The van der Waals surface area contributed by atoms with Crippen molar-refractivity contribution in [2.75, 3.05) is 12.9 Å². The van der Waals surface area contributed by atoms with Gasteiger partial charge >= 0.3 is 17.5 Å². The van der Waals surface area contributed by atoms with Crippen LogP contribution in [-0.4, -0.2) is 28.9 Å². The van der Waals surface area contributed by atoms with Crippen LogP contribution in [0.3, 0.4) is 0 Å². The van der Waals surface area contributed by atoms with E-state index in [0.29, 0.717) is 28.8 Å². The Hall–Kier alpha value is -4.37. The smallest absolute Gasteiger partial charge is 0.438 e. The first-order chi connectivity index (χ1) is 17.2. The van der Waals surface area contributed by atoms with Gasteiger partial charge in [-0.05, 0) is 28.2 Å². The number of nitriles is 1. The van der Waals surface area contributed by atoms with Crippen LogP contribution in [0.5, 0.6) is 5.75 Å². The number of alkyl halides is 3. The Kier molecular flexibility index (Phi) is 6.93. The molecule has 4 rings (SSSR count). The van der Waals surface area contributed by atoms with Crippen LogP contribution in [0.4, 0.5) is 13.2 Å². The van der Waals surface area contributed by atoms with Crippen molar-refractivity contribution in [3.05, 3.63) is 87.9 Å². The molecule has 2 aromatic heterocycles. The zero-order chi connectivity index (χ0) is 25.9. The number of carbonyl (C=O) groups is 1. The Morgan fingerprint density at radius 2 is 1.89 bits per heavy atom. The van der Waals surface area contributed by atoms with E-state index >= 15 is 0 Å². The summed E-state index contributed by atoms with van der Waals surface area (Å²) in [6.45, 7) is 0. The first-order valence-electron chi connectivity index (χ1n) is 10.2. The number of methoxy groups -OCH3 is 1. The molecular weight excluding hydrogens is 497 g/mol. The molecule has 0 fully saturated rings. The van der Waals surface area contributed by atoms with Gasteiger partial charge < -0.3 is 4.74 Å². The molecule has 2 heterocycles. The fraction of sp³-hybridized carbons (Fsp3) is 0.125. The van der Waals surface area contributed by atoms with Crippen molar-refractivity contribution in [1.82, 2.24) is 10.3 Å². The predicted molar refractivity (Wildman–Crippen MR) is 122 cm³/mol. The Bertz CT molecular complexity index is 1510. The van der Waals surface area contributed by atoms with Crippen molar-refractivity contribution in [3.8, 4) is 28.8 Å². The molecule has 36 heavy (non-hydrogen) atoms. The van der Waals surface area contributed by atoms with Gasteiger partial charge in [0, 0.05) is 17.7 Å². The fourth-order valence-corrected chi connectivity index (χ4v) is 4.21. The van der Waals surface area contributed by atoms with Crippen LogP contribution in [-0.2, 0) is 6.18 Å².